The van der Waals surface area contributed by atoms with Gasteiger partial charge in [0.25, 0.3) is 0 Å². The third kappa shape index (κ3) is 3.85. The van der Waals surface area contributed by atoms with Gasteiger partial charge in [-0.25, -0.2) is 0 Å². The fourth-order valence-corrected chi connectivity index (χ4v) is 3.09. The van der Waals surface area contributed by atoms with Crippen LogP contribution in [0.25, 0.3) is 23.1 Å². The fourth-order valence-electron chi connectivity index (χ4n) is 2.60. The second-order valence-corrected chi connectivity index (χ2v) is 6.90. The largest absolute Gasteiger partial charge is 0.371 e. The summed E-state index contributed by atoms with van der Waals surface area (Å²) in [5.74, 6) is -0.383. The number of Topliss-reactive ketones (excluding diaryl/α,β-unsaturated/α-hetero) is 1. The summed E-state index contributed by atoms with van der Waals surface area (Å²) in [6.07, 6.45) is 2.45. The fraction of sp³-hybridized carbons (Fsp3) is 0.105. The number of H-pyrrole nitrogens is 1. The number of aliphatic hydroxyl groups excluding tert-OH is 1. The van der Waals surface area contributed by atoms with Crippen molar-refractivity contribution in [3.63, 3.8) is 0 Å². The van der Waals surface area contributed by atoms with Gasteiger partial charge in [0.05, 0.1) is 11.3 Å². The number of rotatable bonds is 5. The lowest BCUT2D eigenvalue weighted by molar-refractivity contribution is 0.0695. The Bertz CT molecular complexity index is 948. The molecule has 6 heteroatoms. The van der Waals surface area contributed by atoms with Crippen LogP contribution in [0.5, 0.6) is 0 Å². The number of aromatic amines is 1. The number of benzene rings is 2. The van der Waals surface area contributed by atoms with Crippen LogP contribution in [0, 0.1) is 0 Å². The summed E-state index contributed by atoms with van der Waals surface area (Å²) in [5, 5.41) is 13.9. The van der Waals surface area contributed by atoms with E-state index in [-0.39, 0.29) is 5.78 Å². The molecule has 0 saturated heterocycles. The normalized spacial score (nSPS) is 12.8. The molecule has 0 radical (unpaired) electrons. The van der Waals surface area contributed by atoms with E-state index in [1.807, 2.05) is 42.5 Å². The first kappa shape index (κ1) is 17.9. The highest BCUT2D eigenvalue weighted by Gasteiger charge is 2.22. The van der Waals surface area contributed by atoms with Crippen LogP contribution in [0.4, 0.5) is 0 Å². The van der Waals surface area contributed by atoms with Crippen LogP contribution in [0.1, 0.15) is 21.6 Å². The molecule has 25 heavy (non-hydrogen) atoms. The topological polar surface area (TPSA) is 65.1 Å². The zero-order valence-electron chi connectivity index (χ0n) is 13.4. The number of likely N-dealkylation sites (N-methyl/N-ethyl adjacent to an activating group) is 1. The molecule has 0 bridgehead atoms. The van der Waals surface area contributed by atoms with E-state index < -0.39 is 6.23 Å². The van der Waals surface area contributed by atoms with Gasteiger partial charge in [-0.2, -0.15) is 0 Å². The van der Waals surface area contributed by atoms with Crippen LogP contribution in [0.3, 0.4) is 0 Å². The quantitative estimate of drug-likeness (QED) is 0.422. The molecule has 0 aliphatic rings. The maximum atomic E-state index is 12.6. The van der Waals surface area contributed by atoms with Crippen molar-refractivity contribution in [2.45, 2.75) is 6.23 Å². The summed E-state index contributed by atoms with van der Waals surface area (Å²) in [6.45, 7) is 0. The SMILES string of the molecule is CN[C@@H](O)C(=O)c1c(/C=C/c2ccc(Cl)cc2)[nH]c2cc(Br)ccc12. The van der Waals surface area contributed by atoms with Crippen LogP contribution in [-0.2, 0) is 0 Å². The average molecular weight is 420 g/mol. The summed E-state index contributed by atoms with van der Waals surface area (Å²) in [7, 11) is 1.54. The first-order chi connectivity index (χ1) is 12.0. The molecule has 0 fully saturated rings. The molecule has 1 atom stereocenters. The Balaban J connectivity index is 2.09. The van der Waals surface area contributed by atoms with Gasteiger partial charge in [0, 0.05) is 20.4 Å². The molecule has 0 spiro atoms. The molecular formula is C19H16BrClN2O2. The van der Waals surface area contributed by atoms with Crippen molar-refractivity contribution in [3.05, 3.63) is 68.8 Å². The zero-order chi connectivity index (χ0) is 18.0. The first-order valence-electron chi connectivity index (χ1n) is 7.64. The third-order valence-corrected chi connectivity index (χ3v) is 4.62. The van der Waals surface area contributed by atoms with Gasteiger partial charge in [-0.05, 0) is 43.0 Å². The third-order valence-electron chi connectivity index (χ3n) is 3.87. The number of aliphatic hydroxyl groups is 1. The van der Waals surface area contributed by atoms with Gasteiger partial charge in [-0.15, -0.1) is 0 Å². The number of hydrogen-bond donors (Lipinski definition) is 3. The Labute approximate surface area is 158 Å². The van der Waals surface area contributed by atoms with Crippen molar-refractivity contribution in [2.75, 3.05) is 7.05 Å². The van der Waals surface area contributed by atoms with E-state index in [0.29, 0.717) is 16.3 Å². The van der Waals surface area contributed by atoms with Crippen molar-refractivity contribution >= 4 is 56.4 Å². The summed E-state index contributed by atoms with van der Waals surface area (Å²) in [4.78, 5) is 15.9. The highest BCUT2D eigenvalue weighted by atomic mass is 79.9. The minimum atomic E-state index is -1.26. The molecular weight excluding hydrogens is 404 g/mol. The molecule has 128 valence electrons. The van der Waals surface area contributed by atoms with Gasteiger partial charge in [0.2, 0.25) is 5.78 Å². The van der Waals surface area contributed by atoms with Crippen molar-refractivity contribution < 1.29 is 9.90 Å². The minimum Gasteiger partial charge on any atom is -0.371 e. The standard InChI is InChI=1S/C19H16BrClN2O2/c1-22-19(25)18(24)17-14-8-5-12(20)10-16(14)23-15(17)9-4-11-2-6-13(21)7-3-11/h2-10,19,22-23,25H,1H3/b9-4+/t19-/m0/s1. The highest BCUT2D eigenvalue weighted by Crippen LogP contribution is 2.28. The lowest BCUT2D eigenvalue weighted by Crippen LogP contribution is -2.33. The smallest absolute Gasteiger partial charge is 0.208 e. The predicted molar refractivity (Wildman–Crippen MR) is 106 cm³/mol. The van der Waals surface area contributed by atoms with E-state index >= 15 is 0 Å². The van der Waals surface area contributed by atoms with Crippen LogP contribution >= 0.6 is 27.5 Å². The number of carbonyl (C=O) groups is 1. The molecule has 3 N–H and O–H groups in total. The lowest BCUT2D eigenvalue weighted by atomic mass is 10.0. The number of hydrogen-bond acceptors (Lipinski definition) is 3. The van der Waals surface area contributed by atoms with Crippen LogP contribution in [0.15, 0.2) is 46.9 Å². The number of aromatic nitrogens is 1. The molecule has 0 unspecified atom stereocenters. The maximum Gasteiger partial charge on any atom is 0.208 e. The second-order valence-electron chi connectivity index (χ2n) is 5.54. The highest BCUT2D eigenvalue weighted by molar-refractivity contribution is 9.10. The molecule has 4 nitrogen and oxygen atoms in total. The molecule has 3 aromatic rings. The number of nitrogens with one attached hydrogen (secondary N) is 2. The Morgan fingerprint density at radius 2 is 1.96 bits per heavy atom. The number of fused-ring (bicyclic) bond motifs is 1. The summed E-state index contributed by atoms with van der Waals surface area (Å²) >= 11 is 9.33. The van der Waals surface area contributed by atoms with Gasteiger partial charge in [0.15, 0.2) is 6.23 Å². The van der Waals surface area contributed by atoms with Gasteiger partial charge in [-0.1, -0.05) is 51.8 Å². The van der Waals surface area contributed by atoms with Crippen molar-refractivity contribution in [2.24, 2.45) is 0 Å². The van der Waals surface area contributed by atoms with Crippen LogP contribution in [-0.4, -0.2) is 29.1 Å². The van der Waals surface area contributed by atoms with E-state index in [4.69, 9.17) is 11.6 Å². The first-order valence-corrected chi connectivity index (χ1v) is 8.81. The predicted octanol–water partition coefficient (Wildman–Crippen LogP) is 4.47. The van der Waals surface area contributed by atoms with Crippen LogP contribution in [0.2, 0.25) is 5.02 Å². The maximum absolute atomic E-state index is 12.6. The Morgan fingerprint density at radius 1 is 1.24 bits per heavy atom. The number of ketones is 1. The van der Waals surface area contributed by atoms with Crippen molar-refractivity contribution in [3.8, 4) is 0 Å². The molecule has 2 aromatic carbocycles. The molecule has 0 aliphatic heterocycles. The van der Waals surface area contributed by atoms with Crippen molar-refractivity contribution in [1.82, 2.24) is 10.3 Å². The van der Waals surface area contributed by atoms with Crippen LogP contribution < -0.4 is 5.32 Å². The summed E-state index contributed by atoms with van der Waals surface area (Å²) in [5.41, 5.74) is 2.87. The molecule has 1 heterocycles. The average Bonchev–Trinajstić information content (AvgIpc) is 2.97. The van der Waals surface area contributed by atoms with E-state index in [1.54, 1.807) is 12.1 Å². The van der Waals surface area contributed by atoms with Gasteiger partial charge in [0.1, 0.15) is 0 Å². The minimum absolute atomic E-state index is 0.383. The molecule has 0 amide bonds. The lowest BCUT2D eigenvalue weighted by Gasteiger charge is -2.08. The Kier molecular flexibility index (Phi) is 5.39. The van der Waals surface area contributed by atoms with Gasteiger partial charge < -0.3 is 10.1 Å². The molecule has 1 aromatic heterocycles. The number of carbonyl (C=O) groups excluding carboxylic acids is 1. The molecule has 0 aliphatic carbocycles. The second kappa shape index (κ2) is 7.54. The van der Waals surface area contributed by atoms with E-state index in [2.05, 4.69) is 26.2 Å². The zero-order valence-corrected chi connectivity index (χ0v) is 15.7. The molecule has 3 rings (SSSR count). The Hall–Kier alpha value is -1.92. The summed E-state index contributed by atoms with van der Waals surface area (Å²) < 4.78 is 0.905. The van der Waals surface area contributed by atoms with E-state index in [9.17, 15) is 9.90 Å². The van der Waals surface area contributed by atoms with E-state index in [1.165, 1.54) is 7.05 Å². The monoisotopic (exact) mass is 418 g/mol. The van der Waals surface area contributed by atoms with E-state index in [0.717, 1.165) is 20.9 Å². The summed E-state index contributed by atoms with van der Waals surface area (Å²) in [6, 6.07) is 13.0. The molecule has 0 saturated carbocycles. The van der Waals surface area contributed by atoms with Crippen molar-refractivity contribution in [1.29, 1.82) is 0 Å². The number of halogens is 2. The van der Waals surface area contributed by atoms with Gasteiger partial charge >= 0.3 is 0 Å². The Morgan fingerprint density at radius 3 is 2.64 bits per heavy atom. The van der Waals surface area contributed by atoms with Gasteiger partial charge in [-0.3, -0.25) is 10.1 Å².